The molecule has 0 unspecified atom stereocenters. The highest BCUT2D eigenvalue weighted by Gasteiger charge is 2.11. The van der Waals surface area contributed by atoms with Gasteiger partial charge in [0.25, 0.3) is 0 Å². The van der Waals surface area contributed by atoms with E-state index in [9.17, 15) is 4.79 Å². The lowest BCUT2D eigenvalue weighted by Gasteiger charge is -2.19. The Hall–Kier alpha value is -1.73. The van der Waals surface area contributed by atoms with Crippen molar-refractivity contribution < 1.29 is 4.79 Å². The molecular formula is C12H14ClN3O. The van der Waals surface area contributed by atoms with Gasteiger partial charge in [-0.15, -0.1) is 0 Å². The van der Waals surface area contributed by atoms with Crippen molar-refractivity contribution >= 4 is 23.3 Å². The third kappa shape index (κ3) is 4.33. The molecule has 90 valence electrons. The Morgan fingerprint density at radius 2 is 2.12 bits per heavy atom. The summed E-state index contributed by atoms with van der Waals surface area (Å²) >= 11 is 5.74. The quantitative estimate of drug-likeness (QED) is 0.836. The summed E-state index contributed by atoms with van der Waals surface area (Å²) < 4.78 is 0. The molecule has 2 amide bonds. The summed E-state index contributed by atoms with van der Waals surface area (Å²) in [6.45, 7) is 2.61. The first-order chi connectivity index (χ1) is 8.17. The van der Waals surface area contributed by atoms with Gasteiger partial charge in [-0.05, 0) is 30.7 Å². The van der Waals surface area contributed by atoms with E-state index in [4.69, 9.17) is 16.9 Å². The lowest BCUT2D eigenvalue weighted by atomic mass is 10.3. The van der Waals surface area contributed by atoms with Crippen LogP contribution in [0.5, 0.6) is 0 Å². The van der Waals surface area contributed by atoms with Gasteiger partial charge < -0.3 is 10.2 Å². The maximum atomic E-state index is 11.8. The normalized spacial score (nSPS) is 9.47. The van der Waals surface area contributed by atoms with Gasteiger partial charge in [-0.25, -0.2) is 4.79 Å². The van der Waals surface area contributed by atoms with Gasteiger partial charge in [0.15, 0.2) is 0 Å². The van der Waals surface area contributed by atoms with Crippen LogP contribution in [0.1, 0.15) is 13.3 Å². The fraction of sp³-hybridized carbons (Fsp3) is 0.333. The number of hydrogen-bond acceptors (Lipinski definition) is 2. The van der Waals surface area contributed by atoms with Gasteiger partial charge in [0.2, 0.25) is 0 Å². The van der Waals surface area contributed by atoms with Gasteiger partial charge >= 0.3 is 6.03 Å². The zero-order chi connectivity index (χ0) is 12.7. The number of carbonyl (C=O) groups is 1. The van der Waals surface area contributed by atoms with Crippen molar-refractivity contribution in [2.45, 2.75) is 13.3 Å². The maximum absolute atomic E-state index is 11.8. The maximum Gasteiger partial charge on any atom is 0.322 e. The van der Waals surface area contributed by atoms with Crippen LogP contribution in [0.2, 0.25) is 5.02 Å². The van der Waals surface area contributed by atoms with E-state index in [0.29, 0.717) is 17.3 Å². The molecule has 5 heteroatoms. The average molecular weight is 252 g/mol. The largest absolute Gasteiger partial charge is 0.322 e. The number of rotatable bonds is 4. The monoisotopic (exact) mass is 251 g/mol. The number of amides is 2. The Bertz CT molecular complexity index is 411. The van der Waals surface area contributed by atoms with Crippen LogP contribution >= 0.6 is 11.6 Å². The van der Waals surface area contributed by atoms with E-state index in [1.165, 1.54) is 4.90 Å². The van der Waals surface area contributed by atoms with Crippen LogP contribution in [-0.4, -0.2) is 24.0 Å². The van der Waals surface area contributed by atoms with E-state index in [1.807, 2.05) is 13.0 Å². The summed E-state index contributed by atoms with van der Waals surface area (Å²) in [6.07, 6.45) is 0.815. The molecule has 1 N–H and O–H groups in total. The van der Waals surface area contributed by atoms with Crippen molar-refractivity contribution in [1.29, 1.82) is 5.26 Å². The minimum Gasteiger partial charge on any atom is -0.311 e. The van der Waals surface area contributed by atoms with Crippen molar-refractivity contribution in [3.05, 3.63) is 29.3 Å². The number of nitrogens with one attached hydrogen (secondary N) is 1. The second-order valence-corrected chi connectivity index (χ2v) is 3.95. The Morgan fingerprint density at radius 1 is 1.47 bits per heavy atom. The molecule has 0 bridgehead atoms. The zero-order valence-electron chi connectivity index (χ0n) is 9.61. The predicted octanol–water partition coefficient (Wildman–Crippen LogP) is 3.11. The molecule has 0 radical (unpaired) electrons. The third-order valence-electron chi connectivity index (χ3n) is 2.14. The van der Waals surface area contributed by atoms with Crippen LogP contribution in [0.4, 0.5) is 10.5 Å². The second kappa shape index (κ2) is 6.77. The molecule has 1 aromatic carbocycles. The van der Waals surface area contributed by atoms with Crippen LogP contribution in [-0.2, 0) is 0 Å². The number of halogens is 1. The molecule has 0 spiro atoms. The molecule has 0 fully saturated rings. The SMILES string of the molecule is CCCN(CC#N)C(=O)Nc1ccc(Cl)cc1. The number of nitrogens with zero attached hydrogens (tertiary/aromatic N) is 2. The molecule has 0 saturated carbocycles. The summed E-state index contributed by atoms with van der Waals surface area (Å²) in [5, 5.41) is 12.0. The van der Waals surface area contributed by atoms with Crippen molar-refractivity contribution in [3.63, 3.8) is 0 Å². The fourth-order valence-electron chi connectivity index (χ4n) is 1.34. The molecular weight excluding hydrogens is 238 g/mol. The number of benzene rings is 1. The Labute approximate surface area is 106 Å². The number of nitriles is 1. The predicted molar refractivity (Wildman–Crippen MR) is 67.9 cm³/mol. The van der Waals surface area contributed by atoms with Crippen LogP contribution in [0.3, 0.4) is 0 Å². The van der Waals surface area contributed by atoms with E-state index in [-0.39, 0.29) is 12.6 Å². The standard InChI is InChI=1S/C12H14ClN3O/c1-2-8-16(9-7-14)12(17)15-11-5-3-10(13)4-6-11/h3-6H,2,8-9H2,1H3,(H,15,17). The topological polar surface area (TPSA) is 56.1 Å². The molecule has 0 atom stereocenters. The van der Waals surface area contributed by atoms with Crippen LogP contribution < -0.4 is 5.32 Å². The van der Waals surface area contributed by atoms with Crippen molar-refractivity contribution in [1.82, 2.24) is 4.90 Å². The summed E-state index contributed by atoms with van der Waals surface area (Å²) in [5.41, 5.74) is 0.665. The number of urea groups is 1. The second-order valence-electron chi connectivity index (χ2n) is 3.52. The van der Waals surface area contributed by atoms with Gasteiger partial charge in [0, 0.05) is 17.3 Å². The number of hydrogen-bond donors (Lipinski definition) is 1. The van der Waals surface area contributed by atoms with Crippen LogP contribution in [0, 0.1) is 11.3 Å². The third-order valence-corrected chi connectivity index (χ3v) is 2.39. The smallest absolute Gasteiger partial charge is 0.311 e. The number of carbonyl (C=O) groups excluding carboxylic acids is 1. The molecule has 0 saturated heterocycles. The van der Waals surface area contributed by atoms with Crippen molar-refractivity contribution in [2.75, 3.05) is 18.4 Å². The summed E-state index contributed by atoms with van der Waals surface area (Å²) in [7, 11) is 0. The van der Waals surface area contributed by atoms with Crippen molar-refractivity contribution in [3.8, 4) is 6.07 Å². The molecule has 1 rings (SSSR count). The van der Waals surface area contributed by atoms with Gasteiger partial charge in [0.1, 0.15) is 6.54 Å². The molecule has 1 aromatic rings. The van der Waals surface area contributed by atoms with Crippen LogP contribution in [0.25, 0.3) is 0 Å². The van der Waals surface area contributed by atoms with Gasteiger partial charge in [-0.3, -0.25) is 0 Å². The Kier molecular flexibility index (Phi) is 5.31. The first kappa shape index (κ1) is 13.3. The van der Waals surface area contributed by atoms with Crippen LogP contribution in [0.15, 0.2) is 24.3 Å². The first-order valence-electron chi connectivity index (χ1n) is 5.35. The lowest BCUT2D eigenvalue weighted by molar-refractivity contribution is 0.218. The van der Waals surface area contributed by atoms with E-state index < -0.39 is 0 Å². The van der Waals surface area contributed by atoms with Gasteiger partial charge in [-0.1, -0.05) is 18.5 Å². The zero-order valence-corrected chi connectivity index (χ0v) is 10.4. The van der Waals surface area contributed by atoms with E-state index in [1.54, 1.807) is 24.3 Å². The van der Waals surface area contributed by atoms with E-state index in [0.717, 1.165) is 6.42 Å². The fourth-order valence-corrected chi connectivity index (χ4v) is 1.47. The minimum absolute atomic E-state index is 0.0905. The highest BCUT2D eigenvalue weighted by atomic mass is 35.5. The molecule has 0 aliphatic heterocycles. The van der Waals surface area contributed by atoms with Crippen molar-refractivity contribution in [2.24, 2.45) is 0 Å². The highest BCUT2D eigenvalue weighted by molar-refractivity contribution is 6.30. The van der Waals surface area contributed by atoms with E-state index in [2.05, 4.69) is 5.32 Å². The molecule has 0 heterocycles. The Balaban J connectivity index is 2.63. The molecule has 4 nitrogen and oxygen atoms in total. The molecule has 17 heavy (non-hydrogen) atoms. The lowest BCUT2D eigenvalue weighted by Crippen LogP contribution is -2.35. The summed E-state index contributed by atoms with van der Waals surface area (Å²) in [5.74, 6) is 0. The first-order valence-corrected chi connectivity index (χ1v) is 5.73. The highest BCUT2D eigenvalue weighted by Crippen LogP contribution is 2.13. The summed E-state index contributed by atoms with van der Waals surface area (Å²) in [4.78, 5) is 13.3. The summed E-state index contributed by atoms with van der Waals surface area (Å²) in [6, 6.07) is 8.54. The minimum atomic E-state index is -0.268. The number of anilines is 1. The molecule has 0 aliphatic rings. The average Bonchev–Trinajstić information content (AvgIpc) is 2.32. The molecule has 0 aliphatic carbocycles. The molecule has 0 aromatic heterocycles. The Morgan fingerprint density at radius 3 is 2.65 bits per heavy atom. The van der Waals surface area contributed by atoms with E-state index >= 15 is 0 Å². The van der Waals surface area contributed by atoms with Gasteiger partial charge in [-0.2, -0.15) is 5.26 Å². The van der Waals surface area contributed by atoms with Gasteiger partial charge in [0.05, 0.1) is 6.07 Å².